The lowest BCUT2D eigenvalue weighted by atomic mass is 10.2. The van der Waals surface area contributed by atoms with E-state index in [1.165, 1.54) is 17.3 Å². The second kappa shape index (κ2) is 9.24. The number of rotatable bonds is 5. The molecule has 0 aliphatic heterocycles. The van der Waals surface area contributed by atoms with E-state index in [0.717, 1.165) is 5.75 Å². The molecule has 0 spiro atoms. The van der Waals surface area contributed by atoms with E-state index < -0.39 is 12.0 Å². The Morgan fingerprint density at radius 2 is 1.94 bits per heavy atom. The molecule has 0 bridgehead atoms. The Labute approximate surface area is 101 Å². The summed E-state index contributed by atoms with van der Waals surface area (Å²) in [6.45, 7) is 4.00. The normalized spacial score (nSPS) is 11.2. The molecule has 1 atom stereocenters. The van der Waals surface area contributed by atoms with E-state index in [-0.39, 0.29) is 0 Å². The van der Waals surface area contributed by atoms with Crippen LogP contribution in [0.4, 0.5) is 0 Å². The molecule has 0 amide bonds. The van der Waals surface area contributed by atoms with Gasteiger partial charge in [0.05, 0.1) is 0 Å². The Balaban J connectivity index is 0.00000106. The van der Waals surface area contributed by atoms with Gasteiger partial charge < -0.3 is 10.8 Å². The third kappa shape index (κ3) is 6.48. The monoisotopic (exact) mass is 241 g/mol. The van der Waals surface area contributed by atoms with Crippen LogP contribution in [0.1, 0.15) is 19.4 Å². The van der Waals surface area contributed by atoms with Gasteiger partial charge in [-0.05, 0) is 5.56 Å². The van der Waals surface area contributed by atoms with E-state index >= 15 is 0 Å². The van der Waals surface area contributed by atoms with Crippen molar-refractivity contribution in [2.75, 3.05) is 5.75 Å². The highest BCUT2D eigenvalue weighted by Crippen LogP contribution is 2.11. The van der Waals surface area contributed by atoms with E-state index in [1.54, 1.807) is 0 Å². The van der Waals surface area contributed by atoms with Crippen molar-refractivity contribution in [3.8, 4) is 0 Å². The van der Waals surface area contributed by atoms with Crippen molar-refractivity contribution in [1.29, 1.82) is 0 Å². The Kier molecular flexibility index (Phi) is 8.66. The lowest BCUT2D eigenvalue weighted by Gasteiger charge is -2.05. The van der Waals surface area contributed by atoms with Crippen molar-refractivity contribution in [3.05, 3.63) is 35.9 Å². The van der Waals surface area contributed by atoms with E-state index in [9.17, 15) is 4.79 Å². The number of hydrogen-bond acceptors (Lipinski definition) is 3. The molecule has 1 rings (SSSR count). The molecule has 1 unspecified atom stereocenters. The SMILES string of the molecule is CC.NC(CSCc1ccccc1)C(=O)O. The summed E-state index contributed by atoms with van der Waals surface area (Å²) in [5, 5.41) is 8.54. The molecule has 0 aliphatic rings. The van der Waals surface area contributed by atoms with Crippen LogP contribution in [-0.2, 0) is 10.5 Å². The Hall–Kier alpha value is -1.00. The van der Waals surface area contributed by atoms with Gasteiger partial charge in [0.2, 0.25) is 0 Å². The molecule has 0 radical (unpaired) electrons. The number of hydrogen-bond donors (Lipinski definition) is 2. The summed E-state index contributed by atoms with van der Waals surface area (Å²) in [4.78, 5) is 10.4. The molecule has 0 fully saturated rings. The molecule has 0 heterocycles. The maximum atomic E-state index is 10.4. The van der Waals surface area contributed by atoms with Gasteiger partial charge >= 0.3 is 5.97 Å². The average Bonchev–Trinajstić information content (AvgIpc) is 2.33. The molecule has 0 saturated carbocycles. The van der Waals surface area contributed by atoms with Crippen LogP contribution in [0.15, 0.2) is 30.3 Å². The molecule has 0 saturated heterocycles. The zero-order chi connectivity index (χ0) is 12.4. The van der Waals surface area contributed by atoms with Crippen LogP contribution in [0.3, 0.4) is 0 Å². The third-order valence-corrected chi connectivity index (χ3v) is 2.86. The first-order valence-corrected chi connectivity index (χ1v) is 6.45. The van der Waals surface area contributed by atoms with Crippen LogP contribution in [0.5, 0.6) is 0 Å². The number of thioether (sulfide) groups is 1. The van der Waals surface area contributed by atoms with Crippen LogP contribution < -0.4 is 5.73 Å². The smallest absolute Gasteiger partial charge is 0.321 e. The highest BCUT2D eigenvalue weighted by atomic mass is 32.2. The molecule has 4 heteroatoms. The fourth-order valence-corrected chi connectivity index (χ4v) is 1.89. The molecule has 16 heavy (non-hydrogen) atoms. The van der Waals surface area contributed by atoms with Gasteiger partial charge in [0.25, 0.3) is 0 Å². The summed E-state index contributed by atoms with van der Waals surface area (Å²) in [6, 6.07) is 9.15. The summed E-state index contributed by atoms with van der Waals surface area (Å²) in [7, 11) is 0. The Morgan fingerprint density at radius 1 is 1.38 bits per heavy atom. The predicted molar refractivity (Wildman–Crippen MR) is 69.6 cm³/mol. The second-order valence-electron chi connectivity index (χ2n) is 2.95. The highest BCUT2D eigenvalue weighted by molar-refractivity contribution is 7.98. The summed E-state index contributed by atoms with van der Waals surface area (Å²) >= 11 is 1.54. The maximum absolute atomic E-state index is 10.4. The molecule has 3 nitrogen and oxygen atoms in total. The molecule has 90 valence electrons. The van der Waals surface area contributed by atoms with Gasteiger partial charge in [0.15, 0.2) is 0 Å². The van der Waals surface area contributed by atoms with Crippen molar-refractivity contribution in [3.63, 3.8) is 0 Å². The number of nitrogens with two attached hydrogens (primary N) is 1. The fraction of sp³-hybridized carbons (Fsp3) is 0.417. The van der Waals surface area contributed by atoms with E-state index in [1.807, 2.05) is 44.2 Å². The van der Waals surface area contributed by atoms with Gasteiger partial charge in [-0.1, -0.05) is 44.2 Å². The molecule has 3 N–H and O–H groups in total. The summed E-state index contributed by atoms with van der Waals surface area (Å²) in [6.07, 6.45) is 0. The van der Waals surface area contributed by atoms with Crippen molar-refractivity contribution < 1.29 is 9.90 Å². The maximum Gasteiger partial charge on any atom is 0.321 e. The Bertz CT molecular complexity index is 290. The Morgan fingerprint density at radius 3 is 2.44 bits per heavy atom. The van der Waals surface area contributed by atoms with Crippen molar-refractivity contribution in [2.45, 2.75) is 25.6 Å². The summed E-state index contributed by atoms with van der Waals surface area (Å²) in [5.74, 6) is 0.317. The van der Waals surface area contributed by atoms with Crippen LogP contribution in [0, 0.1) is 0 Å². The first-order chi connectivity index (χ1) is 7.70. The fourth-order valence-electron chi connectivity index (χ4n) is 0.949. The zero-order valence-electron chi connectivity index (χ0n) is 9.72. The predicted octanol–water partition coefficient (Wildman–Crippen LogP) is 2.36. The first kappa shape index (κ1) is 15.0. The summed E-state index contributed by atoms with van der Waals surface area (Å²) < 4.78 is 0. The molecular formula is C12H19NO2S. The summed E-state index contributed by atoms with van der Waals surface area (Å²) in [5.41, 5.74) is 6.55. The minimum atomic E-state index is -0.939. The topological polar surface area (TPSA) is 63.3 Å². The van der Waals surface area contributed by atoms with Gasteiger partial charge in [-0.2, -0.15) is 11.8 Å². The van der Waals surface area contributed by atoms with Crippen LogP contribution in [0.2, 0.25) is 0 Å². The number of aliphatic carboxylic acids is 1. The van der Waals surface area contributed by atoms with Gasteiger partial charge in [0, 0.05) is 11.5 Å². The number of carboxylic acid groups (broad SMARTS) is 1. The molecule has 0 aromatic heterocycles. The van der Waals surface area contributed by atoms with Crippen molar-refractivity contribution in [2.24, 2.45) is 5.73 Å². The van der Waals surface area contributed by atoms with Crippen LogP contribution >= 0.6 is 11.8 Å². The van der Waals surface area contributed by atoms with Gasteiger partial charge in [0.1, 0.15) is 6.04 Å². The minimum absolute atomic E-state index is 0.449. The molecular weight excluding hydrogens is 222 g/mol. The lowest BCUT2D eigenvalue weighted by molar-refractivity contribution is -0.137. The highest BCUT2D eigenvalue weighted by Gasteiger charge is 2.10. The molecule has 1 aromatic carbocycles. The van der Waals surface area contributed by atoms with Gasteiger partial charge in [-0.25, -0.2) is 0 Å². The largest absolute Gasteiger partial charge is 0.480 e. The quantitative estimate of drug-likeness (QED) is 0.830. The van der Waals surface area contributed by atoms with Gasteiger partial charge in [-0.3, -0.25) is 4.79 Å². The third-order valence-electron chi connectivity index (χ3n) is 1.73. The molecule has 1 aromatic rings. The zero-order valence-corrected chi connectivity index (χ0v) is 10.5. The lowest BCUT2D eigenvalue weighted by Crippen LogP contribution is -2.32. The second-order valence-corrected chi connectivity index (χ2v) is 3.98. The van der Waals surface area contributed by atoms with E-state index in [4.69, 9.17) is 10.8 Å². The first-order valence-electron chi connectivity index (χ1n) is 5.30. The van der Waals surface area contributed by atoms with Crippen LogP contribution in [0.25, 0.3) is 0 Å². The average molecular weight is 241 g/mol. The number of benzene rings is 1. The minimum Gasteiger partial charge on any atom is -0.480 e. The standard InChI is InChI=1S/C10H13NO2S.C2H6/c11-9(10(12)13)7-14-6-8-4-2-1-3-5-8;1-2/h1-5,9H,6-7,11H2,(H,12,13);1-2H3. The van der Waals surface area contributed by atoms with Gasteiger partial charge in [-0.15, -0.1) is 0 Å². The number of carbonyl (C=O) groups is 1. The van der Waals surface area contributed by atoms with E-state index in [0.29, 0.717) is 5.75 Å². The number of carboxylic acids is 1. The van der Waals surface area contributed by atoms with Crippen LogP contribution in [-0.4, -0.2) is 22.9 Å². The molecule has 0 aliphatic carbocycles. The van der Waals surface area contributed by atoms with Crippen molar-refractivity contribution >= 4 is 17.7 Å². The van der Waals surface area contributed by atoms with Crippen molar-refractivity contribution in [1.82, 2.24) is 0 Å². The van der Waals surface area contributed by atoms with E-state index in [2.05, 4.69) is 0 Å².